The largest absolute Gasteiger partial charge is 0.491 e. The molecule has 1 aromatic rings. The van der Waals surface area contributed by atoms with Crippen LogP contribution in [-0.2, 0) is 6.42 Å². The van der Waals surface area contributed by atoms with Gasteiger partial charge in [0.1, 0.15) is 5.75 Å². The molecule has 1 saturated heterocycles. The van der Waals surface area contributed by atoms with Gasteiger partial charge < -0.3 is 20.3 Å². The maximum absolute atomic E-state index is 5.86. The van der Waals surface area contributed by atoms with Crippen LogP contribution < -0.4 is 15.4 Å². The first-order valence-corrected chi connectivity index (χ1v) is 8.30. The predicted octanol–water partition coefficient (Wildman–Crippen LogP) is 1.87. The Morgan fingerprint density at radius 3 is 2.95 bits per heavy atom. The SMILES string of the molecule is NCCCCN1CCCN(c2cccc3c2OCC3)CC1. The first kappa shape index (κ1) is 14.7. The highest BCUT2D eigenvalue weighted by Crippen LogP contribution is 2.36. The number of hydrogen-bond donors (Lipinski definition) is 1. The van der Waals surface area contributed by atoms with E-state index < -0.39 is 0 Å². The average Bonchev–Trinajstić information content (AvgIpc) is 2.87. The van der Waals surface area contributed by atoms with E-state index in [2.05, 4.69) is 28.0 Å². The van der Waals surface area contributed by atoms with Crippen molar-refractivity contribution in [2.75, 3.05) is 50.8 Å². The van der Waals surface area contributed by atoms with Gasteiger partial charge in [-0.3, -0.25) is 0 Å². The first-order valence-electron chi connectivity index (χ1n) is 8.30. The number of nitrogens with zero attached hydrogens (tertiary/aromatic N) is 2. The molecule has 0 saturated carbocycles. The minimum atomic E-state index is 0.813. The molecule has 4 nitrogen and oxygen atoms in total. The molecule has 0 aromatic heterocycles. The molecule has 2 aliphatic heterocycles. The van der Waals surface area contributed by atoms with Gasteiger partial charge in [-0.15, -0.1) is 0 Å². The minimum Gasteiger partial charge on any atom is -0.491 e. The van der Waals surface area contributed by atoms with Crippen LogP contribution in [0.2, 0.25) is 0 Å². The van der Waals surface area contributed by atoms with Gasteiger partial charge in [-0.2, -0.15) is 0 Å². The van der Waals surface area contributed by atoms with E-state index in [1.165, 1.54) is 37.2 Å². The summed E-state index contributed by atoms with van der Waals surface area (Å²) in [5.74, 6) is 1.13. The molecule has 116 valence electrons. The van der Waals surface area contributed by atoms with Crippen LogP contribution in [0.3, 0.4) is 0 Å². The molecule has 2 aliphatic rings. The number of unbranched alkanes of at least 4 members (excludes halogenated alkanes) is 1. The third-order valence-corrected chi connectivity index (χ3v) is 4.55. The summed E-state index contributed by atoms with van der Waals surface area (Å²) in [4.78, 5) is 5.09. The van der Waals surface area contributed by atoms with E-state index in [-0.39, 0.29) is 0 Å². The molecule has 0 amide bonds. The highest BCUT2D eigenvalue weighted by Gasteiger charge is 2.22. The molecule has 0 atom stereocenters. The molecule has 0 spiro atoms. The molecular weight excluding hydrogens is 262 g/mol. The average molecular weight is 289 g/mol. The third-order valence-electron chi connectivity index (χ3n) is 4.55. The Labute approximate surface area is 127 Å². The van der Waals surface area contributed by atoms with Gasteiger partial charge in [-0.1, -0.05) is 12.1 Å². The summed E-state index contributed by atoms with van der Waals surface area (Å²) in [6.07, 6.45) is 4.65. The maximum Gasteiger partial charge on any atom is 0.145 e. The number of para-hydroxylation sites is 1. The summed E-state index contributed by atoms with van der Waals surface area (Å²) in [7, 11) is 0. The molecule has 0 aliphatic carbocycles. The lowest BCUT2D eigenvalue weighted by atomic mass is 10.1. The van der Waals surface area contributed by atoms with E-state index in [9.17, 15) is 0 Å². The monoisotopic (exact) mass is 289 g/mol. The summed E-state index contributed by atoms with van der Waals surface area (Å²) in [5, 5.41) is 0. The summed E-state index contributed by atoms with van der Waals surface area (Å²) in [6, 6.07) is 6.59. The van der Waals surface area contributed by atoms with Gasteiger partial charge in [0.2, 0.25) is 0 Å². The van der Waals surface area contributed by atoms with Crippen LogP contribution in [0.1, 0.15) is 24.8 Å². The van der Waals surface area contributed by atoms with Gasteiger partial charge in [-0.25, -0.2) is 0 Å². The van der Waals surface area contributed by atoms with Gasteiger partial charge in [-0.05, 0) is 50.5 Å². The van der Waals surface area contributed by atoms with Gasteiger partial charge in [0.05, 0.1) is 12.3 Å². The fourth-order valence-corrected chi connectivity index (χ4v) is 3.36. The van der Waals surface area contributed by atoms with Crippen molar-refractivity contribution in [3.63, 3.8) is 0 Å². The van der Waals surface area contributed by atoms with Crippen LogP contribution in [0.25, 0.3) is 0 Å². The number of benzene rings is 1. The van der Waals surface area contributed by atoms with Crippen molar-refractivity contribution in [1.82, 2.24) is 4.90 Å². The van der Waals surface area contributed by atoms with Crippen LogP contribution in [0.4, 0.5) is 5.69 Å². The topological polar surface area (TPSA) is 41.7 Å². The Bertz CT molecular complexity index is 463. The van der Waals surface area contributed by atoms with Crippen molar-refractivity contribution < 1.29 is 4.74 Å². The van der Waals surface area contributed by atoms with E-state index in [1.807, 2.05) is 0 Å². The van der Waals surface area contributed by atoms with E-state index >= 15 is 0 Å². The highest BCUT2D eigenvalue weighted by atomic mass is 16.5. The second-order valence-electron chi connectivity index (χ2n) is 6.04. The van der Waals surface area contributed by atoms with Crippen molar-refractivity contribution in [3.8, 4) is 5.75 Å². The van der Waals surface area contributed by atoms with E-state index in [0.29, 0.717) is 0 Å². The molecule has 21 heavy (non-hydrogen) atoms. The van der Waals surface area contributed by atoms with Crippen molar-refractivity contribution in [2.45, 2.75) is 25.7 Å². The van der Waals surface area contributed by atoms with Gasteiger partial charge in [0.25, 0.3) is 0 Å². The highest BCUT2D eigenvalue weighted by molar-refractivity contribution is 5.63. The Balaban J connectivity index is 1.61. The molecule has 4 heteroatoms. The number of hydrogen-bond acceptors (Lipinski definition) is 4. The fraction of sp³-hybridized carbons (Fsp3) is 0.647. The van der Waals surface area contributed by atoms with Crippen molar-refractivity contribution in [3.05, 3.63) is 23.8 Å². The maximum atomic E-state index is 5.86. The van der Waals surface area contributed by atoms with Gasteiger partial charge in [0.15, 0.2) is 0 Å². The van der Waals surface area contributed by atoms with Gasteiger partial charge >= 0.3 is 0 Å². The number of fused-ring (bicyclic) bond motifs is 1. The predicted molar refractivity (Wildman–Crippen MR) is 87.2 cm³/mol. The van der Waals surface area contributed by atoms with Crippen LogP contribution in [0.5, 0.6) is 5.75 Å². The van der Waals surface area contributed by atoms with Crippen molar-refractivity contribution in [1.29, 1.82) is 0 Å². The molecule has 2 heterocycles. The zero-order chi connectivity index (χ0) is 14.5. The summed E-state index contributed by atoms with van der Waals surface area (Å²) in [6.45, 7) is 7.42. The minimum absolute atomic E-state index is 0.813. The zero-order valence-electron chi connectivity index (χ0n) is 12.9. The molecule has 3 rings (SSSR count). The summed E-state index contributed by atoms with van der Waals surface area (Å²) < 4.78 is 5.86. The normalized spacial score (nSPS) is 19.2. The Hall–Kier alpha value is -1.26. The van der Waals surface area contributed by atoms with Crippen LogP contribution in [0.15, 0.2) is 18.2 Å². The Morgan fingerprint density at radius 1 is 1.10 bits per heavy atom. The number of rotatable bonds is 5. The van der Waals surface area contributed by atoms with Crippen LogP contribution in [0, 0.1) is 0 Å². The lowest BCUT2D eigenvalue weighted by Crippen LogP contribution is -2.31. The molecular formula is C17H27N3O. The third kappa shape index (κ3) is 3.50. The molecule has 0 unspecified atom stereocenters. The Morgan fingerprint density at radius 2 is 2.05 bits per heavy atom. The number of nitrogens with two attached hydrogens (primary N) is 1. The second kappa shape index (κ2) is 7.14. The van der Waals surface area contributed by atoms with E-state index in [0.717, 1.165) is 51.4 Å². The lowest BCUT2D eigenvalue weighted by Gasteiger charge is -2.25. The molecule has 2 N–H and O–H groups in total. The summed E-state index contributed by atoms with van der Waals surface area (Å²) >= 11 is 0. The fourth-order valence-electron chi connectivity index (χ4n) is 3.36. The standard InChI is InChI=1S/C17H27N3O/c18-8-1-2-9-19-10-4-11-20(13-12-19)16-6-3-5-15-7-14-21-17(15)16/h3,5-6H,1-2,4,7-14,18H2. The van der Waals surface area contributed by atoms with Crippen LogP contribution in [-0.4, -0.2) is 50.8 Å². The molecule has 0 bridgehead atoms. The second-order valence-corrected chi connectivity index (χ2v) is 6.04. The lowest BCUT2D eigenvalue weighted by molar-refractivity contribution is 0.287. The molecule has 1 aromatic carbocycles. The Kier molecular flexibility index (Phi) is 4.99. The first-order chi connectivity index (χ1) is 10.4. The van der Waals surface area contributed by atoms with E-state index in [4.69, 9.17) is 10.5 Å². The number of anilines is 1. The quantitative estimate of drug-likeness (QED) is 0.840. The van der Waals surface area contributed by atoms with Gasteiger partial charge in [0, 0.05) is 26.1 Å². The van der Waals surface area contributed by atoms with Crippen molar-refractivity contribution in [2.24, 2.45) is 5.73 Å². The van der Waals surface area contributed by atoms with Crippen molar-refractivity contribution >= 4 is 5.69 Å². The summed E-state index contributed by atoms with van der Waals surface area (Å²) in [5.41, 5.74) is 8.26. The smallest absolute Gasteiger partial charge is 0.145 e. The van der Waals surface area contributed by atoms with Crippen LogP contribution >= 0.6 is 0 Å². The zero-order valence-corrected chi connectivity index (χ0v) is 12.9. The molecule has 1 fully saturated rings. The number of ether oxygens (including phenoxy) is 1. The molecule has 0 radical (unpaired) electrons. The van der Waals surface area contributed by atoms with E-state index in [1.54, 1.807) is 0 Å².